The summed E-state index contributed by atoms with van der Waals surface area (Å²) in [4.78, 5) is 29.2. The minimum Gasteiger partial charge on any atom is -0.320 e. The first kappa shape index (κ1) is 14.4. The predicted molar refractivity (Wildman–Crippen MR) is 88.8 cm³/mol. The number of hydrogen-bond donors (Lipinski definition) is 2. The summed E-state index contributed by atoms with van der Waals surface area (Å²) in [5.41, 5.74) is 0.576. The number of rotatable bonds is 4. The van der Waals surface area contributed by atoms with Crippen LogP contribution in [0.2, 0.25) is 0 Å². The van der Waals surface area contributed by atoms with Crippen molar-refractivity contribution >= 4 is 46.0 Å². The molecule has 0 spiro atoms. The lowest BCUT2D eigenvalue weighted by atomic mass is 10.3. The van der Waals surface area contributed by atoms with Gasteiger partial charge in [-0.05, 0) is 35.0 Å². The molecule has 0 saturated heterocycles. The number of anilines is 2. The maximum Gasteiger partial charge on any atom is 0.266 e. The lowest BCUT2D eigenvalue weighted by Crippen LogP contribution is -2.12. The largest absolute Gasteiger partial charge is 0.320 e. The van der Waals surface area contributed by atoms with E-state index in [0.29, 0.717) is 21.3 Å². The molecule has 2 N–H and O–H groups in total. The Morgan fingerprint density at radius 3 is 2.00 bits per heavy atom. The second kappa shape index (κ2) is 6.50. The average molecular weight is 329 g/mol. The van der Waals surface area contributed by atoms with E-state index in [0.717, 1.165) is 0 Å². The number of carbonyl (C=O) groups is 2. The molecule has 0 bridgehead atoms. The zero-order valence-electron chi connectivity index (χ0n) is 11.3. The summed E-state index contributed by atoms with van der Waals surface area (Å²) in [6, 6.07) is 10.5. The summed E-state index contributed by atoms with van der Waals surface area (Å²) >= 11 is 2.74. The monoisotopic (exact) mass is 329 g/mol. The molecular weight excluding hydrogens is 318 g/mol. The highest BCUT2D eigenvalue weighted by atomic mass is 32.1. The molecule has 0 unspecified atom stereocenters. The minimum atomic E-state index is -0.196. The summed E-state index contributed by atoms with van der Waals surface area (Å²) in [6.07, 6.45) is 1.51. The van der Waals surface area contributed by atoms with Gasteiger partial charge in [-0.1, -0.05) is 12.1 Å². The smallest absolute Gasteiger partial charge is 0.266 e. The van der Waals surface area contributed by atoms with Gasteiger partial charge in [0.15, 0.2) is 0 Å². The summed E-state index contributed by atoms with van der Waals surface area (Å²) in [5.74, 6) is 0.0672. The first-order valence-corrected chi connectivity index (χ1v) is 8.14. The van der Waals surface area contributed by atoms with Crippen LogP contribution in [0.4, 0.5) is 11.5 Å². The van der Waals surface area contributed by atoms with Gasteiger partial charge in [-0.25, -0.2) is 4.98 Å². The van der Waals surface area contributed by atoms with Gasteiger partial charge in [-0.3, -0.25) is 9.59 Å². The molecule has 0 saturated carbocycles. The number of nitrogens with one attached hydrogen (secondary N) is 2. The fraction of sp³-hybridized carbons (Fsp3) is 0. The van der Waals surface area contributed by atoms with E-state index in [1.807, 2.05) is 22.9 Å². The van der Waals surface area contributed by atoms with E-state index in [2.05, 4.69) is 15.6 Å². The van der Waals surface area contributed by atoms with Crippen LogP contribution in [0.15, 0.2) is 53.4 Å². The molecule has 0 radical (unpaired) electrons. The van der Waals surface area contributed by atoms with Crippen LogP contribution >= 0.6 is 22.7 Å². The van der Waals surface area contributed by atoms with Crippen LogP contribution in [0.3, 0.4) is 0 Å². The molecule has 3 aromatic rings. The molecule has 0 aliphatic rings. The molecule has 0 fully saturated rings. The van der Waals surface area contributed by atoms with E-state index < -0.39 is 0 Å². The van der Waals surface area contributed by atoms with Crippen LogP contribution in [0.25, 0.3) is 0 Å². The van der Waals surface area contributed by atoms with E-state index in [-0.39, 0.29) is 11.8 Å². The molecule has 0 atom stereocenters. The molecular formula is C15H11N3O2S2. The van der Waals surface area contributed by atoms with Gasteiger partial charge in [-0.2, -0.15) is 0 Å². The van der Waals surface area contributed by atoms with Crippen molar-refractivity contribution in [3.8, 4) is 0 Å². The van der Waals surface area contributed by atoms with Crippen molar-refractivity contribution in [2.24, 2.45) is 0 Å². The van der Waals surface area contributed by atoms with Crippen LogP contribution in [-0.2, 0) is 0 Å². The van der Waals surface area contributed by atoms with Gasteiger partial charge in [0.1, 0.15) is 5.82 Å². The Bertz CT molecular complexity index is 698. The first-order valence-electron chi connectivity index (χ1n) is 6.38. The van der Waals surface area contributed by atoms with Gasteiger partial charge in [0.25, 0.3) is 11.8 Å². The number of aromatic nitrogens is 1. The Balaban J connectivity index is 1.63. The number of pyridine rings is 1. The van der Waals surface area contributed by atoms with E-state index in [9.17, 15) is 9.59 Å². The molecule has 0 aliphatic carbocycles. The normalized spacial score (nSPS) is 10.2. The van der Waals surface area contributed by atoms with Gasteiger partial charge in [0.2, 0.25) is 0 Å². The Kier molecular flexibility index (Phi) is 4.27. The van der Waals surface area contributed by atoms with E-state index in [1.54, 1.807) is 24.3 Å². The molecule has 0 aliphatic heterocycles. The van der Waals surface area contributed by atoms with Crippen LogP contribution in [0, 0.1) is 0 Å². The highest BCUT2D eigenvalue weighted by molar-refractivity contribution is 7.12. The van der Waals surface area contributed by atoms with E-state index >= 15 is 0 Å². The van der Waals surface area contributed by atoms with Crippen molar-refractivity contribution in [1.29, 1.82) is 0 Å². The molecule has 110 valence electrons. The average Bonchev–Trinajstić information content (AvgIpc) is 3.23. The molecule has 3 rings (SSSR count). The van der Waals surface area contributed by atoms with Crippen LogP contribution in [-0.4, -0.2) is 16.8 Å². The van der Waals surface area contributed by atoms with Gasteiger partial charge in [-0.15, -0.1) is 22.7 Å². The van der Waals surface area contributed by atoms with Crippen molar-refractivity contribution in [1.82, 2.24) is 4.98 Å². The summed E-state index contributed by atoms with van der Waals surface area (Å²) in [7, 11) is 0. The number of hydrogen-bond acceptors (Lipinski definition) is 5. The zero-order chi connectivity index (χ0) is 15.4. The van der Waals surface area contributed by atoms with Crippen molar-refractivity contribution in [2.45, 2.75) is 0 Å². The highest BCUT2D eigenvalue weighted by Crippen LogP contribution is 2.15. The SMILES string of the molecule is O=C(Nc1ccc(NC(=O)c2cccs2)nc1)c1cccs1. The lowest BCUT2D eigenvalue weighted by molar-refractivity contribution is 0.102. The van der Waals surface area contributed by atoms with Crippen molar-refractivity contribution in [3.05, 3.63) is 63.1 Å². The molecule has 0 aromatic carbocycles. The molecule has 3 aromatic heterocycles. The van der Waals surface area contributed by atoms with Crippen molar-refractivity contribution < 1.29 is 9.59 Å². The highest BCUT2D eigenvalue weighted by Gasteiger charge is 2.09. The Morgan fingerprint density at radius 1 is 0.864 bits per heavy atom. The quantitative estimate of drug-likeness (QED) is 0.766. The summed E-state index contributed by atoms with van der Waals surface area (Å²) in [5, 5.41) is 9.14. The fourth-order valence-electron chi connectivity index (χ4n) is 1.73. The Labute approximate surface area is 134 Å². The first-order chi connectivity index (χ1) is 10.7. The maximum atomic E-state index is 11.9. The third-order valence-electron chi connectivity index (χ3n) is 2.75. The molecule has 7 heteroatoms. The van der Waals surface area contributed by atoms with E-state index in [4.69, 9.17) is 0 Å². The third-order valence-corrected chi connectivity index (χ3v) is 4.49. The van der Waals surface area contributed by atoms with Crippen LogP contribution in [0.5, 0.6) is 0 Å². The molecule has 22 heavy (non-hydrogen) atoms. The van der Waals surface area contributed by atoms with Crippen LogP contribution in [0.1, 0.15) is 19.3 Å². The van der Waals surface area contributed by atoms with Gasteiger partial charge in [0.05, 0.1) is 21.6 Å². The minimum absolute atomic E-state index is 0.174. The number of amides is 2. The standard InChI is InChI=1S/C15H11N3O2S2/c19-14(11-3-1-7-21-11)17-10-5-6-13(16-9-10)18-15(20)12-4-2-8-22-12/h1-9H,(H,17,19)(H,16,18,20). The predicted octanol–water partition coefficient (Wildman–Crippen LogP) is 3.71. The van der Waals surface area contributed by atoms with Crippen molar-refractivity contribution in [2.75, 3.05) is 10.6 Å². The second-order valence-electron chi connectivity index (χ2n) is 4.29. The van der Waals surface area contributed by atoms with Gasteiger partial charge >= 0.3 is 0 Å². The van der Waals surface area contributed by atoms with Gasteiger partial charge < -0.3 is 10.6 Å². The molecule has 3 heterocycles. The topological polar surface area (TPSA) is 71.1 Å². The molecule has 5 nitrogen and oxygen atoms in total. The number of nitrogens with zero attached hydrogens (tertiary/aromatic N) is 1. The number of thiophene rings is 2. The summed E-state index contributed by atoms with van der Waals surface area (Å²) < 4.78 is 0. The molecule has 2 amide bonds. The maximum absolute atomic E-state index is 11.9. The second-order valence-corrected chi connectivity index (χ2v) is 6.19. The zero-order valence-corrected chi connectivity index (χ0v) is 12.9. The van der Waals surface area contributed by atoms with E-state index in [1.165, 1.54) is 28.9 Å². The van der Waals surface area contributed by atoms with Gasteiger partial charge in [0, 0.05) is 0 Å². The van der Waals surface area contributed by atoms with Crippen LogP contribution < -0.4 is 10.6 Å². The third kappa shape index (κ3) is 3.38. The lowest BCUT2D eigenvalue weighted by Gasteiger charge is -2.05. The number of carbonyl (C=O) groups excluding carboxylic acids is 2. The van der Waals surface area contributed by atoms with Crippen molar-refractivity contribution in [3.63, 3.8) is 0 Å². The Morgan fingerprint density at radius 2 is 1.50 bits per heavy atom. The summed E-state index contributed by atoms with van der Waals surface area (Å²) in [6.45, 7) is 0. The Hall–Kier alpha value is -2.51. The fourth-order valence-corrected chi connectivity index (χ4v) is 2.97.